The quantitative estimate of drug-likeness (QED) is 0.517. The Morgan fingerprint density at radius 1 is 0.769 bits per heavy atom. The number of halogens is 1. The summed E-state index contributed by atoms with van der Waals surface area (Å²) in [5, 5.41) is 0. The van der Waals surface area contributed by atoms with E-state index in [0.717, 1.165) is 35.2 Å². The van der Waals surface area contributed by atoms with Gasteiger partial charge in [0.15, 0.2) is 0 Å². The lowest BCUT2D eigenvalue weighted by atomic mass is 9.60. The predicted molar refractivity (Wildman–Crippen MR) is 108 cm³/mol. The summed E-state index contributed by atoms with van der Waals surface area (Å²) in [6.07, 6.45) is 17.0. The summed E-state index contributed by atoms with van der Waals surface area (Å²) in [5.41, 5.74) is 0.988. The molecule has 4 rings (SSSR count). The molecule has 4 unspecified atom stereocenters. The van der Waals surface area contributed by atoms with Gasteiger partial charge in [-0.2, -0.15) is 0 Å². The zero-order chi connectivity index (χ0) is 17.9. The van der Waals surface area contributed by atoms with Crippen molar-refractivity contribution in [3.05, 3.63) is 35.6 Å². The molecule has 0 aromatic heterocycles. The third-order valence-electron chi connectivity index (χ3n) is 8.25. The molecular weight excluding hydrogens is 319 g/mol. The van der Waals surface area contributed by atoms with Gasteiger partial charge >= 0.3 is 0 Å². The third-order valence-corrected chi connectivity index (χ3v) is 8.25. The standard InChI is InChI=1S/C25H37F/c1-2-5-18-8-10-19(11-9-18)20-12-13-22-17-23(15-14-21(22)16-20)24-6-3-4-7-25(24)26/h3-4,6-7,18-23H,2,5,8-17H2,1H3. The minimum absolute atomic E-state index is 0.0217. The highest BCUT2D eigenvalue weighted by molar-refractivity contribution is 5.22. The molecule has 3 aliphatic carbocycles. The van der Waals surface area contributed by atoms with E-state index in [4.69, 9.17) is 0 Å². The SMILES string of the molecule is CCCC1CCC(C2CCC3CC(c4ccccc4F)CCC3C2)CC1. The van der Waals surface area contributed by atoms with Gasteiger partial charge in [0, 0.05) is 0 Å². The van der Waals surface area contributed by atoms with Crippen LogP contribution in [-0.4, -0.2) is 0 Å². The molecule has 3 saturated carbocycles. The van der Waals surface area contributed by atoms with Gasteiger partial charge in [0.05, 0.1) is 0 Å². The fourth-order valence-corrected chi connectivity index (χ4v) is 6.80. The van der Waals surface area contributed by atoms with Crippen LogP contribution in [0.25, 0.3) is 0 Å². The maximum atomic E-state index is 14.2. The molecule has 0 radical (unpaired) electrons. The molecule has 0 aliphatic heterocycles. The maximum absolute atomic E-state index is 14.2. The summed E-state index contributed by atoms with van der Waals surface area (Å²) in [4.78, 5) is 0. The van der Waals surface area contributed by atoms with E-state index >= 15 is 0 Å². The fraction of sp³-hybridized carbons (Fsp3) is 0.760. The lowest BCUT2D eigenvalue weighted by Crippen LogP contribution is -2.34. The Bertz CT molecular complexity index is 571. The smallest absolute Gasteiger partial charge is 0.126 e. The molecule has 3 aliphatic rings. The van der Waals surface area contributed by atoms with Crippen LogP contribution in [0.15, 0.2) is 24.3 Å². The normalized spacial score (nSPS) is 37.9. The number of fused-ring (bicyclic) bond motifs is 1. The van der Waals surface area contributed by atoms with Crippen LogP contribution in [0.2, 0.25) is 0 Å². The van der Waals surface area contributed by atoms with Gasteiger partial charge in [-0.1, -0.05) is 50.8 Å². The monoisotopic (exact) mass is 356 g/mol. The van der Waals surface area contributed by atoms with Crippen LogP contribution < -0.4 is 0 Å². The molecule has 144 valence electrons. The average molecular weight is 357 g/mol. The predicted octanol–water partition coefficient (Wildman–Crippen LogP) is 7.73. The minimum Gasteiger partial charge on any atom is -0.207 e. The fourth-order valence-electron chi connectivity index (χ4n) is 6.80. The van der Waals surface area contributed by atoms with E-state index in [9.17, 15) is 4.39 Å². The van der Waals surface area contributed by atoms with Crippen LogP contribution in [0.1, 0.15) is 95.5 Å². The molecule has 0 heterocycles. The molecule has 3 fully saturated rings. The van der Waals surface area contributed by atoms with Gasteiger partial charge in [0.1, 0.15) is 5.82 Å². The number of hydrogen-bond acceptors (Lipinski definition) is 0. The minimum atomic E-state index is 0.0217. The van der Waals surface area contributed by atoms with E-state index in [1.165, 1.54) is 77.0 Å². The van der Waals surface area contributed by atoms with Crippen molar-refractivity contribution in [2.75, 3.05) is 0 Å². The second-order valence-corrected chi connectivity index (χ2v) is 9.69. The number of rotatable bonds is 4. The molecule has 0 bridgehead atoms. The van der Waals surface area contributed by atoms with Crippen LogP contribution in [0.4, 0.5) is 4.39 Å². The Labute approximate surface area is 160 Å². The molecule has 26 heavy (non-hydrogen) atoms. The Hall–Kier alpha value is -0.850. The van der Waals surface area contributed by atoms with Gasteiger partial charge < -0.3 is 0 Å². The van der Waals surface area contributed by atoms with E-state index in [2.05, 4.69) is 6.92 Å². The van der Waals surface area contributed by atoms with Crippen molar-refractivity contribution in [3.8, 4) is 0 Å². The molecule has 0 amide bonds. The first kappa shape index (κ1) is 18.5. The van der Waals surface area contributed by atoms with Gasteiger partial charge in [-0.15, -0.1) is 0 Å². The molecular formula is C25H37F. The van der Waals surface area contributed by atoms with E-state index in [-0.39, 0.29) is 5.82 Å². The Morgan fingerprint density at radius 2 is 1.38 bits per heavy atom. The van der Waals surface area contributed by atoms with Crippen LogP contribution in [0.3, 0.4) is 0 Å². The van der Waals surface area contributed by atoms with Crippen LogP contribution in [0, 0.1) is 35.4 Å². The van der Waals surface area contributed by atoms with Gasteiger partial charge in [0.25, 0.3) is 0 Å². The second-order valence-electron chi connectivity index (χ2n) is 9.69. The highest BCUT2D eigenvalue weighted by Gasteiger charge is 2.39. The molecule has 0 nitrogen and oxygen atoms in total. The molecule has 4 atom stereocenters. The van der Waals surface area contributed by atoms with Crippen molar-refractivity contribution >= 4 is 0 Å². The van der Waals surface area contributed by atoms with Crippen LogP contribution >= 0.6 is 0 Å². The van der Waals surface area contributed by atoms with Crippen molar-refractivity contribution in [2.45, 2.75) is 89.9 Å². The number of hydrogen-bond donors (Lipinski definition) is 0. The molecule has 1 heteroatoms. The summed E-state index contributed by atoms with van der Waals surface area (Å²) in [5.74, 6) is 5.35. The molecule has 0 N–H and O–H groups in total. The Balaban J connectivity index is 1.31. The molecule has 1 aromatic rings. The summed E-state index contributed by atoms with van der Waals surface area (Å²) in [6, 6.07) is 7.51. The first-order chi connectivity index (χ1) is 12.7. The Kier molecular flexibility index (Phi) is 6.01. The van der Waals surface area contributed by atoms with Crippen molar-refractivity contribution in [1.29, 1.82) is 0 Å². The van der Waals surface area contributed by atoms with Gasteiger partial charge in [0.2, 0.25) is 0 Å². The summed E-state index contributed by atoms with van der Waals surface area (Å²) < 4.78 is 14.2. The average Bonchev–Trinajstić information content (AvgIpc) is 2.68. The van der Waals surface area contributed by atoms with E-state index in [1.54, 1.807) is 6.07 Å². The number of benzene rings is 1. The first-order valence-corrected chi connectivity index (χ1v) is 11.5. The zero-order valence-corrected chi connectivity index (χ0v) is 16.6. The summed E-state index contributed by atoms with van der Waals surface area (Å²) in [7, 11) is 0. The van der Waals surface area contributed by atoms with Gasteiger partial charge in [-0.25, -0.2) is 4.39 Å². The Morgan fingerprint density at radius 3 is 2.12 bits per heavy atom. The highest BCUT2D eigenvalue weighted by Crippen LogP contribution is 2.51. The highest BCUT2D eigenvalue weighted by atomic mass is 19.1. The molecule has 1 aromatic carbocycles. The van der Waals surface area contributed by atoms with E-state index in [1.807, 2.05) is 18.2 Å². The summed E-state index contributed by atoms with van der Waals surface area (Å²) >= 11 is 0. The molecule has 0 saturated heterocycles. The first-order valence-electron chi connectivity index (χ1n) is 11.5. The van der Waals surface area contributed by atoms with E-state index < -0.39 is 0 Å². The lowest BCUT2D eigenvalue weighted by Gasteiger charge is -2.45. The second kappa shape index (κ2) is 8.44. The third kappa shape index (κ3) is 4.02. The summed E-state index contributed by atoms with van der Waals surface area (Å²) in [6.45, 7) is 2.34. The van der Waals surface area contributed by atoms with E-state index in [0.29, 0.717) is 5.92 Å². The van der Waals surface area contributed by atoms with Gasteiger partial charge in [-0.3, -0.25) is 0 Å². The largest absolute Gasteiger partial charge is 0.207 e. The van der Waals surface area contributed by atoms with Crippen molar-refractivity contribution in [2.24, 2.45) is 29.6 Å². The maximum Gasteiger partial charge on any atom is 0.126 e. The topological polar surface area (TPSA) is 0 Å². The van der Waals surface area contributed by atoms with Crippen LogP contribution in [-0.2, 0) is 0 Å². The van der Waals surface area contributed by atoms with Crippen LogP contribution in [0.5, 0.6) is 0 Å². The zero-order valence-electron chi connectivity index (χ0n) is 16.6. The van der Waals surface area contributed by atoms with Crippen molar-refractivity contribution in [1.82, 2.24) is 0 Å². The van der Waals surface area contributed by atoms with Crippen molar-refractivity contribution in [3.63, 3.8) is 0 Å². The van der Waals surface area contributed by atoms with Crippen molar-refractivity contribution < 1.29 is 4.39 Å². The molecule has 0 spiro atoms. The lowest BCUT2D eigenvalue weighted by molar-refractivity contribution is 0.0708. The van der Waals surface area contributed by atoms with Gasteiger partial charge in [-0.05, 0) is 98.5 Å².